The first-order valence-corrected chi connectivity index (χ1v) is 4.99. The standard InChI is InChI=1S/C12H10O5/c13-9-7-17-12(15)10(9)11(14)16-6-8-4-2-1-3-5-8/h1-5,13H,6-7H2. The maximum atomic E-state index is 11.5. The number of rotatable bonds is 3. The summed E-state index contributed by atoms with van der Waals surface area (Å²) in [5.41, 5.74) is 0.383. The van der Waals surface area contributed by atoms with Crippen LogP contribution in [0.4, 0.5) is 0 Å². The van der Waals surface area contributed by atoms with Gasteiger partial charge in [0.1, 0.15) is 13.2 Å². The number of aliphatic hydroxyl groups is 1. The van der Waals surface area contributed by atoms with Gasteiger partial charge in [-0.3, -0.25) is 0 Å². The predicted molar refractivity (Wildman–Crippen MR) is 56.9 cm³/mol. The molecule has 2 rings (SSSR count). The van der Waals surface area contributed by atoms with Gasteiger partial charge in [-0.15, -0.1) is 0 Å². The highest BCUT2D eigenvalue weighted by Gasteiger charge is 2.32. The summed E-state index contributed by atoms with van der Waals surface area (Å²) in [6.45, 7) is -0.224. The lowest BCUT2D eigenvalue weighted by Crippen LogP contribution is -2.14. The van der Waals surface area contributed by atoms with E-state index in [2.05, 4.69) is 4.74 Å². The number of benzene rings is 1. The minimum atomic E-state index is -0.867. The van der Waals surface area contributed by atoms with Crippen LogP contribution in [-0.2, 0) is 25.7 Å². The van der Waals surface area contributed by atoms with Crippen molar-refractivity contribution in [1.82, 2.24) is 0 Å². The summed E-state index contributed by atoms with van der Waals surface area (Å²) < 4.78 is 9.38. The van der Waals surface area contributed by atoms with Crippen molar-refractivity contribution in [3.63, 3.8) is 0 Å². The topological polar surface area (TPSA) is 72.8 Å². The molecule has 0 aromatic heterocycles. The Labute approximate surface area is 97.3 Å². The molecule has 0 spiro atoms. The highest BCUT2D eigenvalue weighted by molar-refractivity contribution is 6.15. The van der Waals surface area contributed by atoms with Crippen LogP contribution in [0.25, 0.3) is 0 Å². The minimum Gasteiger partial charge on any atom is -0.508 e. The van der Waals surface area contributed by atoms with Gasteiger partial charge in [-0.25, -0.2) is 9.59 Å². The fraction of sp³-hybridized carbons (Fsp3) is 0.167. The Morgan fingerprint density at radius 1 is 1.35 bits per heavy atom. The number of ether oxygens (including phenoxy) is 2. The summed E-state index contributed by atoms with van der Waals surface area (Å²) in [6, 6.07) is 9.03. The maximum Gasteiger partial charge on any atom is 0.349 e. The molecule has 1 aromatic rings. The third-order valence-electron chi connectivity index (χ3n) is 2.25. The Balaban J connectivity index is 1.99. The van der Waals surface area contributed by atoms with E-state index in [0.717, 1.165) is 5.56 Å². The highest BCUT2D eigenvalue weighted by Crippen LogP contribution is 2.15. The lowest BCUT2D eigenvalue weighted by atomic mass is 10.2. The van der Waals surface area contributed by atoms with Crippen LogP contribution in [0, 0.1) is 0 Å². The number of cyclic esters (lactones) is 1. The third-order valence-corrected chi connectivity index (χ3v) is 2.25. The SMILES string of the molecule is O=C1OCC(O)=C1C(=O)OCc1ccccc1. The number of aliphatic hydroxyl groups excluding tert-OH is 1. The van der Waals surface area contributed by atoms with Crippen LogP contribution >= 0.6 is 0 Å². The van der Waals surface area contributed by atoms with Gasteiger partial charge < -0.3 is 14.6 Å². The monoisotopic (exact) mass is 234 g/mol. The zero-order valence-electron chi connectivity index (χ0n) is 8.88. The first-order valence-electron chi connectivity index (χ1n) is 4.99. The molecular formula is C12H10O5. The van der Waals surface area contributed by atoms with Gasteiger partial charge in [-0.2, -0.15) is 0 Å². The van der Waals surface area contributed by atoms with Crippen molar-refractivity contribution >= 4 is 11.9 Å². The Morgan fingerprint density at radius 2 is 2.06 bits per heavy atom. The zero-order chi connectivity index (χ0) is 12.3. The van der Waals surface area contributed by atoms with Gasteiger partial charge in [0, 0.05) is 0 Å². The van der Waals surface area contributed by atoms with Crippen molar-refractivity contribution in [2.75, 3.05) is 6.61 Å². The van der Waals surface area contributed by atoms with Crippen LogP contribution in [0.1, 0.15) is 5.56 Å². The second-order valence-corrected chi connectivity index (χ2v) is 3.46. The summed E-state index contributed by atoms with van der Waals surface area (Å²) in [4.78, 5) is 22.6. The second kappa shape index (κ2) is 4.69. The molecule has 5 heteroatoms. The average molecular weight is 234 g/mol. The fourth-order valence-corrected chi connectivity index (χ4v) is 1.39. The molecule has 1 aliphatic heterocycles. The number of carbonyl (C=O) groups excluding carboxylic acids is 2. The molecule has 1 aliphatic rings. The average Bonchev–Trinajstić information content (AvgIpc) is 2.67. The summed E-state index contributed by atoms with van der Waals surface area (Å²) in [6.07, 6.45) is 0. The predicted octanol–water partition coefficient (Wildman–Crippen LogP) is 1.10. The van der Waals surface area contributed by atoms with E-state index in [4.69, 9.17) is 4.74 Å². The van der Waals surface area contributed by atoms with E-state index in [0.29, 0.717) is 0 Å². The first-order chi connectivity index (χ1) is 8.18. The number of carbonyl (C=O) groups is 2. The Kier molecular flexibility index (Phi) is 3.09. The van der Waals surface area contributed by atoms with Gasteiger partial charge in [0.25, 0.3) is 0 Å². The van der Waals surface area contributed by atoms with E-state index in [9.17, 15) is 14.7 Å². The van der Waals surface area contributed by atoms with E-state index >= 15 is 0 Å². The van der Waals surface area contributed by atoms with E-state index in [-0.39, 0.29) is 19.0 Å². The molecule has 0 atom stereocenters. The molecule has 5 nitrogen and oxygen atoms in total. The lowest BCUT2D eigenvalue weighted by molar-refractivity contribution is -0.145. The van der Waals surface area contributed by atoms with Crippen molar-refractivity contribution in [1.29, 1.82) is 0 Å². The van der Waals surface area contributed by atoms with Crippen molar-refractivity contribution < 1.29 is 24.2 Å². The third kappa shape index (κ3) is 2.44. The van der Waals surface area contributed by atoms with Crippen LogP contribution < -0.4 is 0 Å². The molecular weight excluding hydrogens is 224 g/mol. The van der Waals surface area contributed by atoms with Gasteiger partial charge in [-0.05, 0) is 5.56 Å². The van der Waals surface area contributed by atoms with Crippen LogP contribution in [0.3, 0.4) is 0 Å². The molecule has 0 amide bonds. The molecule has 0 unspecified atom stereocenters. The molecule has 0 saturated heterocycles. The second-order valence-electron chi connectivity index (χ2n) is 3.46. The lowest BCUT2D eigenvalue weighted by Gasteiger charge is -2.03. The molecule has 1 aromatic carbocycles. The summed E-state index contributed by atoms with van der Waals surface area (Å²) in [5.74, 6) is -2.09. The molecule has 0 saturated carbocycles. The first kappa shape index (κ1) is 11.2. The number of esters is 2. The largest absolute Gasteiger partial charge is 0.508 e. The van der Waals surface area contributed by atoms with E-state index in [1.165, 1.54) is 0 Å². The Hall–Kier alpha value is -2.30. The Bertz CT molecular complexity index is 475. The molecule has 0 aliphatic carbocycles. The molecule has 88 valence electrons. The number of hydrogen-bond acceptors (Lipinski definition) is 5. The smallest absolute Gasteiger partial charge is 0.349 e. The molecule has 0 fully saturated rings. The van der Waals surface area contributed by atoms with Crippen LogP contribution in [0.5, 0.6) is 0 Å². The number of hydrogen-bond donors (Lipinski definition) is 1. The zero-order valence-corrected chi connectivity index (χ0v) is 8.88. The van der Waals surface area contributed by atoms with Gasteiger partial charge in [0.2, 0.25) is 0 Å². The fourth-order valence-electron chi connectivity index (χ4n) is 1.39. The minimum absolute atomic E-state index is 0.0454. The van der Waals surface area contributed by atoms with Gasteiger partial charge in [0.05, 0.1) is 0 Å². The van der Waals surface area contributed by atoms with Gasteiger partial charge in [-0.1, -0.05) is 30.3 Å². The summed E-state index contributed by atoms with van der Waals surface area (Å²) in [7, 11) is 0. The van der Waals surface area contributed by atoms with Crippen molar-refractivity contribution in [2.45, 2.75) is 6.61 Å². The Morgan fingerprint density at radius 3 is 2.65 bits per heavy atom. The molecule has 1 N–H and O–H groups in total. The quantitative estimate of drug-likeness (QED) is 0.626. The van der Waals surface area contributed by atoms with Crippen molar-refractivity contribution in [3.05, 3.63) is 47.2 Å². The maximum absolute atomic E-state index is 11.5. The van der Waals surface area contributed by atoms with Crippen molar-refractivity contribution in [2.24, 2.45) is 0 Å². The van der Waals surface area contributed by atoms with E-state index in [1.807, 2.05) is 18.2 Å². The molecule has 0 radical (unpaired) electrons. The van der Waals surface area contributed by atoms with Crippen molar-refractivity contribution in [3.8, 4) is 0 Å². The van der Waals surface area contributed by atoms with Gasteiger partial charge in [0.15, 0.2) is 11.3 Å². The normalized spacial score (nSPS) is 14.7. The van der Waals surface area contributed by atoms with E-state index < -0.39 is 17.5 Å². The van der Waals surface area contributed by atoms with Crippen LogP contribution in [0.15, 0.2) is 41.7 Å². The van der Waals surface area contributed by atoms with E-state index in [1.54, 1.807) is 12.1 Å². The highest BCUT2D eigenvalue weighted by atomic mass is 16.6. The molecule has 17 heavy (non-hydrogen) atoms. The van der Waals surface area contributed by atoms with Gasteiger partial charge >= 0.3 is 11.9 Å². The van der Waals surface area contributed by atoms with Crippen LogP contribution in [-0.4, -0.2) is 23.7 Å². The molecule has 1 heterocycles. The summed E-state index contributed by atoms with van der Waals surface area (Å²) in [5, 5.41) is 9.26. The molecule has 0 bridgehead atoms. The van der Waals surface area contributed by atoms with Crippen LogP contribution in [0.2, 0.25) is 0 Å². The summed E-state index contributed by atoms with van der Waals surface area (Å²) >= 11 is 0.